The standard InChI is InChI=1S/C9H11BrF2N2/c10-4-7-5-14(6-13-7)8-2-1-3-9(8,11)12/h5-6,8H,1-4H2. The third-order valence-electron chi connectivity index (χ3n) is 2.63. The maximum Gasteiger partial charge on any atom is 0.268 e. The van der Waals surface area contributed by atoms with Crippen molar-refractivity contribution < 1.29 is 8.78 Å². The molecule has 1 saturated carbocycles. The molecular formula is C9H11BrF2N2. The Balaban J connectivity index is 2.22. The van der Waals surface area contributed by atoms with Crippen molar-refractivity contribution in [3.8, 4) is 0 Å². The fourth-order valence-corrected chi connectivity index (χ4v) is 2.18. The summed E-state index contributed by atoms with van der Waals surface area (Å²) in [6, 6.07) is -0.692. The van der Waals surface area contributed by atoms with E-state index in [-0.39, 0.29) is 6.42 Å². The lowest BCUT2D eigenvalue weighted by molar-refractivity contribution is -0.0306. The van der Waals surface area contributed by atoms with Crippen molar-refractivity contribution in [3.63, 3.8) is 0 Å². The summed E-state index contributed by atoms with van der Waals surface area (Å²) < 4.78 is 28.2. The minimum absolute atomic E-state index is 0.000503. The van der Waals surface area contributed by atoms with E-state index in [1.165, 1.54) is 6.33 Å². The maximum atomic E-state index is 13.3. The second-order valence-corrected chi connectivity index (χ2v) is 4.18. The van der Waals surface area contributed by atoms with Crippen LogP contribution in [0.1, 0.15) is 31.0 Å². The second kappa shape index (κ2) is 3.61. The van der Waals surface area contributed by atoms with Gasteiger partial charge in [0.25, 0.3) is 5.92 Å². The van der Waals surface area contributed by atoms with Gasteiger partial charge in [-0.1, -0.05) is 15.9 Å². The molecule has 1 aliphatic rings. The molecule has 5 heteroatoms. The van der Waals surface area contributed by atoms with E-state index in [2.05, 4.69) is 20.9 Å². The van der Waals surface area contributed by atoms with Crippen LogP contribution >= 0.6 is 15.9 Å². The molecule has 0 spiro atoms. The van der Waals surface area contributed by atoms with Crippen LogP contribution in [-0.4, -0.2) is 15.5 Å². The van der Waals surface area contributed by atoms with Gasteiger partial charge in [0.05, 0.1) is 18.1 Å². The van der Waals surface area contributed by atoms with E-state index in [0.29, 0.717) is 18.2 Å². The summed E-state index contributed by atoms with van der Waals surface area (Å²) in [5.74, 6) is -2.57. The van der Waals surface area contributed by atoms with Gasteiger partial charge >= 0.3 is 0 Å². The Kier molecular flexibility index (Phi) is 2.60. The van der Waals surface area contributed by atoms with Gasteiger partial charge in [-0.2, -0.15) is 0 Å². The first-order valence-electron chi connectivity index (χ1n) is 4.59. The molecule has 0 radical (unpaired) electrons. The number of rotatable bonds is 2. The zero-order chi connectivity index (χ0) is 10.2. The van der Waals surface area contributed by atoms with Gasteiger partial charge in [0.2, 0.25) is 0 Å². The Bertz CT molecular complexity index is 324. The van der Waals surface area contributed by atoms with Crippen LogP contribution in [-0.2, 0) is 5.33 Å². The van der Waals surface area contributed by atoms with Crippen LogP contribution in [0.3, 0.4) is 0 Å². The fraction of sp³-hybridized carbons (Fsp3) is 0.667. The van der Waals surface area contributed by atoms with Gasteiger partial charge in [0, 0.05) is 17.9 Å². The molecule has 2 nitrogen and oxygen atoms in total. The van der Waals surface area contributed by atoms with Crippen molar-refractivity contribution in [1.82, 2.24) is 9.55 Å². The first-order chi connectivity index (χ1) is 6.63. The largest absolute Gasteiger partial charge is 0.328 e. The molecule has 1 aromatic heterocycles. The highest BCUT2D eigenvalue weighted by Crippen LogP contribution is 2.43. The van der Waals surface area contributed by atoms with E-state index >= 15 is 0 Å². The molecule has 1 aliphatic carbocycles. The van der Waals surface area contributed by atoms with Gasteiger partial charge < -0.3 is 4.57 Å². The third-order valence-corrected chi connectivity index (χ3v) is 3.20. The van der Waals surface area contributed by atoms with Gasteiger partial charge in [-0.3, -0.25) is 0 Å². The summed E-state index contributed by atoms with van der Waals surface area (Å²) >= 11 is 3.24. The lowest BCUT2D eigenvalue weighted by atomic mass is 10.2. The molecule has 1 atom stereocenters. The molecular weight excluding hydrogens is 254 g/mol. The highest BCUT2D eigenvalue weighted by atomic mass is 79.9. The Morgan fingerprint density at radius 3 is 2.93 bits per heavy atom. The molecule has 0 amide bonds. The van der Waals surface area contributed by atoms with E-state index < -0.39 is 12.0 Å². The molecule has 1 aromatic rings. The van der Waals surface area contributed by atoms with Crippen molar-refractivity contribution in [1.29, 1.82) is 0 Å². The SMILES string of the molecule is FC1(F)CCCC1n1cnc(CBr)c1. The molecule has 1 fully saturated rings. The minimum atomic E-state index is -2.57. The van der Waals surface area contributed by atoms with Crippen molar-refractivity contribution in [3.05, 3.63) is 18.2 Å². The van der Waals surface area contributed by atoms with Crippen molar-refractivity contribution in [2.45, 2.75) is 36.6 Å². The average Bonchev–Trinajstić information content (AvgIpc) is 2.70. The topological polar surface area (TPSA) is 17.8 Å². The number of aromatic nitrogens is 2. The molecule has 2 rings (SSSR count). The number of hydrogen-bond donors (Lipinski definition) is 0. The molecule has 1 unspecified atom stereocenters. The predicted molar refractivity (Wildman–Crippen MR) is 52.7 cm³/mol. The van der Waals surface area contributed by atoms with Crippen LogP contribution in [0.15, 0.2) is 12.5 Å². The van der Waals surface area contributed by atoms with Crippen LogP contribution in [0.4, 0.5) is 8.78 Å². The molecule has 0 aromatic carbocycles. The Morgan fingerprint density at radius 1 is 1.64 bits per heavy atom. The maximum absolute atomic E-state index is 13.3. The van der Waals surface area contributed by atoms with Crippen LogP contribution in [0.25, 0.3) is 0 Å². The lowest BCUT2D eigenvalue weighted by Crippen LogP contribution is -2.24. The highest BCUT2D eigenvalue weighted by Gasteiger charge is 2.44. The number of imidazole rings is 1. The molecule has 1 heterocycles. The van der Waals surface area contributed by atoms with Gasteiger partial charge in [-0.05, 0) is 12.8 Å². The van der Waals surface area contributed by atoms with E-state index in [0.717, 1.165) is 5.69 Å². The van der Waals surface area contributed by atoms with Gasteiger partial charge in [0.1, 0.15) is 0 Å². The first-order valence-corrected chi connectivity index (χ1v) is 5.72. The van der Waals surface area contributed by atoms with Crippen LogP contribution in [0.2, 0.25) is 0 Å². The first kappa shape index (κ1) is 10.1. The number of nitrogens with zero attached hydrogens (tertiary/aromatic N) is 2. The van der Waals surface area contributed by atoms with Gasteiger partial charge in [0.15, 0.2) is 0 Å². The van der Waals surface area contributed by atoms with Gasteiger partial charge in [-0.15, -0.1) is 0 Å². The van der Waals surface area contributed by atoms with E-state index in [1.54, 1.807) is 10.8 Å². The minimum Gasteiger partial charge on any atom is -0.328 e. The summed E-state index contributed by atoms with van der Waals surface area (Å²) in [5, 5.41) is 0.609. The molecule has 0 saturated heterocycles. The zero-order valence-corrected chi connectivity index (χ0v) is 9.17. The Hall–Kier alpha value is -0.450. The summed E-state index contributed by atoms with van der Waals surface area (Å²) in [7, 11) is 0. The summed E-state index contributed by atoms with van der Waals surface area (Å²) in [4.78, 5) is 4.03. The zero-order valence-electron chi connectivity index (χ0n) is 7.59. The van der Waals surface area contributed by atoms with Crippen LogP contribution in [0.5, 0.6) is 0 Å². The third kappa shape index (κ3) is 1.69. The highest BCUT2D eigenvalue weighted by molar-refractivity contribution is 9.08. The number of halogens is 3. The number of alkyl halides is 3. The number of hydrogen-bond acceptors (Lipinski definition) is 1. The van der Waals surface area contributed by atoms with E-state index in [4.69, 9.17) is 0 Å². The summed E-state index contributed by atoms with van der Waals surface area (Å²) in [6.45, 7) is 0. The smallest absolute Gasteiger partial charge is 0.268 e. The normalized spacial score (nSPS) is 25.5. The predicted octanol–water partition coefficient (Wildman–Crippen LogP) is 3.14. The fourth-order valence-electron chi connectivity index (χ4n) is 1.90. The lowest BCUT2D eigenvalue weighted by Gasteiger charge is -2.19. The summed E-state index contributed by atoms with van der Waals surface area (Å²) in [6.07, 6.45) is 4.34. The van der Waals surface area contributed by atoms with Crippen LogP contribution < -0.4 is 0 Å². The molecule has 78 valence electrons. The van der Waals surface area contributed by atoms with Crippen molar-refractivity contribution >= 4 is 15.9 Å². The van der Waals surface area contributed by atoms with Crippen molar-refractivity contribution in [2.24, 2.45) is 0 Å². The molecule has 0 bridgehead atoms. The molecule has 14 heavy (non-hydrogen) atoms. The van der Waals surface area contributed by atoms with E-state index in [1.807, 2.05) is 0 Å². The second-order valence-electron chi connectivity index (χ2n) is 3.61. The molecule has 0 aliphatic heterocycles. The summed E-state index contributed by atoms with van der Waals surface area (Å²) in [5.41, 5.74) is 0.799. The van der Waals surface area contributed by atoms with Gasteiger partial charge in [-0.25, -0.2) is 13.8 Å². The Morgan fingerprint density at radius 2 is 2.43 bits per heavy atom. The molecule has 0 N–H and O–H groups in total. The van der Waals surface area contributed by atoms with Crippen LogP contribution in [0, 0.1) is 0 Å². The quantitative estimate of drug-likeness (QED) is 0.751. The monoisotopic (exact) mass is 264 g/mol. The Labute approximate surface area is 89.5 Å². The van der Waals surface area contributed by atoms with Crippen molar-refractivity contribution in [2.75, 3.05) is 0 Å². The van der Waals surface area contributed by atoms with E-state index in [9.17, 15) is 8.78 Å². The average molecular weight is 265 g/mol.